The largest absolute Gasteiger partial charge is 0.478 e. The van der Waals surface area contributed by atoms with Crippen LogP contribution in [0.15, 0.2) is 77.7 Å². The minimum Gasteiger partial charge on any atom is -0.478 e. The summed E-state index contributed by atoms with van der Waals surface area (Å²) in [6, 6.07) is 20.5. The molecule has 2 N–H and O–H groups in total. The highest BCUT2D eigenvalue weighted by Gasteiger charge is 2.30. The molecule has 1 atom stereocenters. The molecule has 0 amide bonds. The Morgan fingerprint density at radius 1 is 1.09 bits per heavy atom. The summed E-state index contributed by atoms with van der Waals surface area (Å²) >= 11 is 0. The van der Waals surface area contributed by atoms with Gasteiger partial charge in [-0.2, -0.15) is 0 Å². The molecule has 1 saturated heterocycles. The predicted octanol–water partition coefficient (Wildman–Crippen LogP) is 4.48. The molecule has 7 nitrogen and oxygen atoms in total. The molecule has 0 bridgehead atoms. The number of aryl methyl sites for hydroxylation is 1. The molecule has 7 heteroatoms. The number of hydrogen-bond donors (Lipinski definition) is 2. The van der Waals surface area contributed by atoms with Crippen LogP contribution < -0.4 is 15.8 Å². The number of aromatic carboxylic acids is 1. The molecule has 3 heterocycles. The van der Waals surface area contributed by atoms with E-state index >= 15 is 0 Å². The van der Waals surface area contributed by atoms with Crippen molar-refractivity contribution >= 4 is 23.1 Å². The number of carbonyl (C=O) groups is 1. The zero-order valence-electron chi connectivity index (χ0n) is 19.1. The Bertz CT molecular complexity index is 1430. The van der Waals surface area contributed by atoms with Crippen LogP contribution in [0.2, 0.25) is 0 Å². The highest BCUT2D eigenvalue weighted by molar-refractivity contribution is 5.94. The number of carboxylic acids is 1. The number of fused-ring (bicyclic) bond motifs is 1. The summed E-state index contributed by atoms with van der Waals surface area (Å²) in [6.07, 6.45) is 1.79. The monoisotopic (exact) mass is 454 g/mol. The standard InChI is InChI=1S/C27H26N4O3/c1-17-12-22(18(2)28-23-11-7-6-10-21(23)27(33)34)26-29-24(13-25(32)31(26)14-17)30-15-20(16-30)19-8-4-3-5-9-19/h3-14,18,20,28H,15-16H2,1-2H3,(H,33,34)/t18-/m1/s1. The molecular weight excluding hydrogens is 428 g/mol. The van der Waals surface area contributed by atoms with Gasteiger partial charge in [-0.25, -0.2) is 9.78 Å². The van der Waals surface area contributed by atoms with Crippen molar-refractivity contribution < 1.29 is 9.90 Å². The van der Waals surface area contributed by atoms with E-state index in [0.29, 0.717) is 23.1 Å². The van der Waals surface area contributed by atoms with Crippen LogP contribution in [-0.4, -0.2) is 33.6 Å². The average Bonchev–Trinajstić information content (AvgIpc) is 2.79. The SMILES string of the molecule is Cc1cc([C@@H](C)Nc2ccccc2C(=O)O)c2nc(N3CC(c4ccccc4)C3)cc(=O)n2c1. The highest BCUT2D eigenvalue weighted by Crippen LogP contribution is 2.31. The molecule has 0 unspecified atom stereocenters. The van der Waals surface area contributed by atoms with E-state index in [9.17, 15) is 14.7 Å². The van der Waals surface area contributed by atoms with E-state index in [1.165, 1.54) is 5.56 Å². The third-order valence-electron chi connectivity index (χ3n) is 6.39. The fourth-order valence-corrected chi connectivity index (χ4v) is 4.55. The van der Waals surface area contributed by atoms with Crippen molar-refractivity contribution in [2.45, 2.75) is 25.8 Å². The fraction of sp³-hybridized carbons (Fsp3) is 0.222. The van der Waals surface area contributed by atoms with E-state index in [1.807, 2.05) is 38.1 Å². The minimum atomic E-state index is -0.994. The molecule has 34 heavy (non-hydrogen) atoms. The number of anilines is 2. The molecule has 0 radical (unpaired) electrons. The Kier molecular flexibility index (Phi) is 5.53. The van der Waals surface area contributed by atoms with E-state index in [2.05, 4.69) is 22.3 Å². The molecule has 4 aromatic rings. The van der Waals surface area contributed by atoms with Gasteiger partial charge >= 0.3 is 5.97 Å². The van der Waals surface area contributed by atoms with Gasteiger partial charge < -0.3 is 15.3 Å². The van der Waals surface area contributed by atoms with Crippen molar-refractivity contribution in [1.29, 1.82) is 0 Å². The summed E-state index contributed by atoms with van der Waals surface area (Å²) in [4.78, 5) is 31.7. The van der Waals surface area contributed by atoms with Gasteiger partial charge in [-0.15, -0.1) is 0 Å². The van der Waals surface area contributed by atoms with Crippen LogP contribution in [0.25, 0.3) is 5.65 Å². The van der Waals surface area contributed by atoms with Crippen molar-refractivity contribution in [2.24, 2.45) is 0 Å². The minimum absolute atomic E-state index is 0.133. The molecule has 1 aliphatic rings. The summed E-state index contributed by atoms with van der Waals surface area (Å²) in [5, 5.41) is 12.8. The van der Waals surface area contributed by atoms with Crippen LogP contribution in [0.5, 0.6) is 0 Å². The number of nitrogens with one attached hydrogen (secondary N) is 1. The summed E-state index contributed by atoms with van der Waals surface area (Å²) < 4.78 is 1.57. The van der Waals surface area contributed by atoms with Crippen LogP contribution in [0.4, 0.5) is 11.5 Å². The molecule has 5 rings (SSSR count). The number of nitrogens with zero attached hydrogens (tertiary/aromatic N) is 3. The predicted molar refractivity (Wildman–Crippen MR) is 133 cm³/mol. The molecular formula is C27H26N4O3. The Hall–Kier alpha value is -4.13. The summed E-state index contributed by atoms with van der Waals surface area (Å²) in [5.74, 6) is 0.0965. The van der Waals surface area contributed by atoms with Crippen LogP contribution >= 0.6 is 0 Å². The second-order valence-electron chi connectivity index (χ2n) is 8.85. The summed E-state index contributed by atoms with van der Waals surface area (Å²) in [6.45, 7) is 5.50. The van der Waals surface area contributed by atoms with E-state index < -0.39 is 5.97 Å². The smallest absolute Gasteiger partial charge is 0.337 e. The topological polar surface area (TPSA) is 86.9 Å². The number of pyridine rings is 1. The Labute approximate surface area is 197 Å². The number of para-hydroxylation sites is 1. The molecule has 2 aromatic carbocycles. The zero-order valence-corrected chi connectivity index (χ0v) is 19.1. The number of aromatic nitrogens is 2. The summed E-state index contributed by atoms with van der Waals surface area (Å²) in [7, 11) is 0. The zero-order chi connectivity index (χ0) is 23.8. The highest BCUT2D eigenvalue weighted by atomic mass is 16.4. The van der Waals surface area contributed by atoms with Crippen molar-refractivity contribution in [3.63, 3.8) is 0 Å². The van der Waals surface area contributed by atoms with Gasteiger partial charge in [0.15, 0.2) is 0 Å². The second-order valence-corrected chi connectivity index (χ2v) is 8.85. The average molecular weight is 455 g/mol. The van der Waals surface area contributed by atoms with Crippen LogP contribution in [-0.2, 0) is 0 Å². The molecule has 2 aromatic heterocycles. The molecule has 1 fully saturated rings. The van der Waals surface area contributed by atoms with E-state index in [1.54, 1.807) is 40.9 Å². The Morgan fingerprint density at radius 2 is 1.79 bits per heavy atom. The van der Waals surface area contributed by atoms with E-state index in [0.717, 1.165) is 24.2 Å². The number of benzene rings is 2. The number of rotatable bonds is 6. The number of hydrogen-bond acceptors (Lipinski definition) is 5. The van der Waals surface area contributed by atoms with Gasteiger partial charge in [0, 0.05) is 42.5 Å². The first-order valence-electron chi connectivity index (χ1n) is 11.3. The van der Waals surface area contributed by atoms with Gasteiger partial charge in [0.1, 0.15) is 11.5 Å². The van der Waals surface area contributed by atoms with E-state index in [4.69, 9.17) is 4.98 Å². The lowest BCUT2D eigenvalue weighted by atomic mass is 9.91. The molecule has 0 aliphatic carbocycles. The van der Waals surface area contributed by atoms with Crippen molar-refractivity contribution in [1.82, 2.24) is 9.38 Å². The second kappa shape index (κ2) is 8.67. The normalized spacial score (nSPS) is 14.6. The quantitative estimate of drug-likeness (QED) is 0.447. The summed E-state index contributed by atoms with van der Waals surface area (Å²) in [5.41, 5.74) is 4.21. The van der Waals surface area contributed by atoms with Gasteiger partial charge in [0.25, 0.3) is 5.56 Å². The van der Waals surface area contributed by atoms with E-state index in [-0.39, 0.29) is 17.2 Å². The molecule has 0 saturated carbocycles. The van der Waals surface area contributed by atoms with Gasteiger partial charge in [-0.05, 0) is 43.2 Å². The van der Waals surface area contributed by atoms with Gasteiger partial charge in [0.05, 0.1) is 11.6 Å². The third kappa shape index (κ3) is 4.01. The maximum atomic E-state index is 13.0. The molecule has 172 valence electrons. The van der Waals surface area contributed by atoms with Crippen LogP contribution in [0.1, 0.15) is 45.9 Å². The first-order chi connectivity index (χ1) is 16.4. The van der Waals surface area contributed by atoms with Crippen molar-refractivity contribution in [2.75, 3.05) is 23.3 Å². The van der Waals surface area contributed by atoms with Crippen molar-refractivity contribution in [3.05, 3.63) is 106 Å². The van der Waals surface area contributed by atoms with Crippen LogP contribution in [0, 0.1) is 6.92 Å². The lowest BCUT2D eigenvalue weighted by Gasteiger charge is -2.40. The fourth-order valence-electron chi connectivity index (χ4n) is 4.55. The molecule has 1 aliphatic heterocycles. The first kappa shape index (κ1) is 21.7. The lowest BCUT2D eigenvalue weighted by Crippen LogP contribution is -2.46. The number of carboxylic acid groups (broad SMARTS) is 1. The first-order valence-corrected chi connectivity index (χ1v) is 11.3. The molecule has 0 spiro atoms. The van der Waals surface area contributed by atoms with Crippen molar-refractivity contribution in [3.8, 4) is 0 Å². The lowest BCUT2D eigenvalue weighted by molar-refractivity contribution is 0.0698. The van der Waals surface area contributed by atoms with Gasteiger partial charge in [0.2, 0.25) is 0 Å². The third-order valence-corrected chi connectivity index (χ3v) is 6.39. The van der Waals surface area contributed by atoms with Gasteiger partial charge in [-0.3, -0.25) is 9.20 Å². The maximum Gasteiger partial charge on any atom is 0.337 e. The van der Waals surface area contributed by atoms with Gasteiger partial charge in [-0.1, -0.05) is 42.5 Å². The van der Waals surface area contributed by atoms with Crippen LogP contribution in [0.3, 0.4) is 0 Å². The maximum absolute atomic E-state index is 13.0. The Balaban J connectivity index is 1.48. The Morgan fingerprint density at radius 3 is 2.53 bits per heavy atom.